The van der Waals surface area contributed by atoms with Crippen LogP contribution in [0.2, 0.25) is 0 Å². The lowest BCUT2D eigenvalue weighted by atomic mass is 10.2. The number of nitrogens with two attached hydrogens (primary N) is 1. The van der Waals surface area contributed by atoms with E-state index in [0.29, 0.717) is 12.5 Å². The lowest BCUT2D eigenvalue weighted by molar-refractivity contribution is 0.0376. The highest BCUT2D eigenvalue weighted by Gasteiger charge is 2.08. The number of anilines is 1. The molecule has 7 heteroatoms. The van der Waals surface area contributed by atoms with Crippen LogP contribution in [0.25, 0.3) is 0 Å². The first-order chi connectivity index (χ1) is 11.1. The number of aliphatic imine (C=N–C) groups is 1. The van der Waals surface area contributed by atoms with Gasteiger partial charge in [-0.25, -0.2) is 4.99 Å². The van der Waals surface area contributed by atoms with Crippen molar-refractivity contribution >= 4 is 35.6 Å². The molecule has 1 aromatic rings. The Hall–Kier alpha value is -1.06. The third-order valence-electron chi connectivity index (χ3n) is 3.92. The summed E-state index contributed by atoms with van der Waals surface area (Å²) in [6.07, 6.45) is 1.06. The van der Waals surface area contributed by atoms with Gasteiger partial charge in [0, 0.05) is 39.4 Å². The predicted octanol–water partition coefficient (Wildman–Crippen LogP) is 1.50. The van der Waals surface area contributed by atoms with Crippen LogP contribution in [0.1, 0.15) is 12.0 Å². The molecule has 1 aromatic carbocycles. The van der Waals surface area contributed by atoms with Gasteiger partial charge in [-0.3, -0.25) is 4.90 Å². The highest BCUT2D eigenvalue weighted by Crippen LogP contribution is 2.13. The van der Waals surface area contributed by atoms with Gasteiger partial charge in [-0.2, -0.15) is 0 Å². The van der Waals surface area contributed by atoms with Gasteiger partial charge in [0.25, 0.3) is 0 Å². The van der Waals surface area contributed by atoms with Gasteiger partial charge >= 0.3 is 0 Å². The molecule has 136 valence electrons. The number of guanidine groups is 1. The SMILES string of the molecule is CN(C)c1cccc(CN=C(N)NCCCN2CCOCC2)c1.I. The predicted molar refractivity (Wildman–Crippen MR) is 111 cm³/mol. The smallest absolute Gasteiger partial charge is 0.188 e. The summed E-state index contributed by atoms with van der Waals surface area (Å²) >= 11 is 0. The molecule has 0 aliphatic carbocycles. The third-order valence-corrected chi connectivity index (χ3v) is 3.92. The largest absolute Gasteiger partial charge is 0.379 e. The van der Waals surface area contributed by atoms with Crippen molar-refractivity contribution in [3.05, 3.63) is 29.8 Å². The van der Waals surface area contributed by atoms with Crippen LogP contribution in [-0.2, 0) is 11.3 Å². The maximum absolute atomic E-state index is 5.93. The fourth-order valence-corrected chi connectivity index (χ4v) is 2.51. The van der Waals surface area contributed by atoms with Crippen LogP contribution >= 0.6 is 24.0 Å². The van der Waals surface area contributed by atoms with Crippen molar-refractivity contribution in [1.29, 1.82) is 0 Å². The van der Waals surface area contributed by atoms with E-state index in [-0.39, 0.29) is 24.0 Å². The van der Waals surface area contributed by atoms with Gasteiger partial charge in [0.1, 0.15) is 0 Å². The first-order valence-electron chi connectivity index (χ1n) is 8.25. The summed E-state index contributed by atoms with van der Waals surface area (Å²) in [5.74, 6) is 0.516. The van der Waals surface area contributed by atoms with Gasteiger partial charge in [-0.1, -0.05) is 12.1 Å². The third kappa shape index (κ3) is 7.67. The van der Waals surface area contributed by atoms with Crippen molar-refractivity contribution in [2.24, 2.45) is 10.7 Å². The number of morpholine rings is 1. The van der Waals surface area contributed by atoms with E-state index in [1.54, 1.807) is 0 Å². The molecule has 1 fully saturated rings. The topological polar surface area (TPSA) is 66.1 Å². The summed E-state index contributed by atoms with van der Waals surface area (Å²) in [5.41, 5.74) is 8.27. The Balaban J connectivity index is 0.00000288. The molecular formula is C17H30IN5O. The fraction of sp³-hybridized carbons (Fsp3) is 0.588. The van der Waals surface area contributed by atoms with Gasteiger partial charge in [0.2, 0.25) is 0 Å². The molecular weight excluding hydrogens is 417 g/mol. The molecule has 0 saturated carbocycles. The molecule has 3 N–H and O–H groups in total. The minimum absolute atomic E-state index is 0. The average molecular weight is 447 g/mol. The van der Waals surface area contributed by atoms with Crippen LogP contribution in [0, 0.1) is 0 Å². The van der Waals surface area contributed by atoms with E-state index in [1.807, 2.05) is 20.2 Å². The molecule has 0 atom stereocenters. The van der Waals surface area contributed by atoms with Crippen molar-refractivity contribution in [3.8, 4) is 0 Å². The molecule has 1 saturated heterocycles. The average Bonchev–Trinajstić information content (AvgIpc) is 2.58. The summed E-state index contributed by atoms with van der Waals surface area (Å²) < 4.78 is 5.34. The van der Waals surface area contributed by atoms with Crippen LogP contribution in [0.5, 0.6) is 0 Å². The van der Waals surface area contributed by atoms with Crippen molar-refractivity contribution < 1.29 is 4.74 Å². The summed E-state index contributed by atoms with van der Waals surface area (Å²) in [4.78, 5) is 8.92. The molecule has 1 aliphatic rings. The maximum atomic E-state index is 5.93. The molecule has 0 unspecified atom stereocenters. The van der Waals surface area contributed by atoms with E-state index in [0.717, 1.165) is 51.4 Å². The number of nitrogens with one attached hydrogen (secondary N) is 1. The summed E-state index contributed by atoms with van der Waals surface area (Å²) in [6, 6.07) is 8.34. The fourth-order valence-electron chi connectivity index (χ4n) is 2.51. The number of halogens is 1. The normalized spacial score (nSPS) is 15.7. The lowest BCUT2D eigenvalue weighted by Crippen LogP contribution is -2.39. The van der Waals surface area contributed by atoms with Crippen LogP contribution in [0.15, 0.2) is 29.3 Å². The standard InChI is InChI=1S/C17H29N5O.HI/c1-21(2)16-6-3-5-15(13-16)14-20-17(18)19-7-4-8-22-9-11-23-12-10-22;/h3,5-6,13H,4,7-12,14H2,1-2H3,(H3,18,19,20);1H. The first kappa shape index (κ1) is 21.0. The van der Waals surface area contributed by atoms with Crippen LogP contribution < -0.4 is 16.0 Å². The van der Waals surface area contributed by atoms with Crippen molar-refractivity contribution in [2.75, 3.05) is 58.4 Å². The van der Waals surface area contributed by atoms with Crippen LogP contribution in [-0.4, -0.2) is 64.3 Å². The number of ether oxygens (including phenoxy) is 1. The number of nitrogens with zero attached hydrogens (tertiary/aromatic N) is 3. The second-order valence-corrected chi connectivity index (χ2v) is 6.00. The highest BCUT2D eigenvalue weighted by atomic mass is 127. The molecule has 1 heterocycles. The Morgan fingerprint density at radius 3 is 2.79 bits per heavy atom. The van der Waals surface area contributed by atoms with E-state index in [4.69, 9.17) is 10.5 Å². The number of rotatable bonds is 7. The monoisotopic (exact) mass is 447 g/mol. The van der Waals surface area contributed by atoms with Crippen LogP contribution in [0.4, 0.5) is 5.69 Å². The quantitative estimate of drug-likeness (QED) is 0.287. The zero-order valence-corrected chi connectivity index (χ0v) is 17.0. The minimum atomic E-state index is 0. The summed E-state index contributed by atoms with van der Waals surface area (Å²) in [5, 5.41) is 3.19. The van der Waals surface area contributed by atoms with Crippen molar-refractivity contribution in [1.82, 2.24) is 10.2 Å². The van der Waals surface area contributed by atoms with Crippen LogP contribution in [0.3, 0.4) is 0 Å². The molecule has 0 aromatic heterocycles. The van der Waals surface area contributed by atoms with E-state index in [9.17, 15) is 0 Å². The molecule has 0 radical (unpaired) electrons. The van der Waals surface area contributed by atoms with Gasteiger partial charge in [-0.15, -0.1) is 24.0 Å². The van der Waals surface area contributed by atoms with Crippen molar-refractivity contribution in [2.45, 2.75) is 13.0 Å². The Morgan fingerprint density at radius 1 is 1.33 bits per heavy atom. The molecule has 2 rings (SSSR count). The lowest BCUT2D eigenvalue weighted by Gasteiger charge is -2.26. The molecule has 6 nitrogen and oxygen atoms in total. The Kier molecular flexibility index (Phi) is 10.0. The van der Waals surface area contributed by atoms with Gasteiger partial charge in [0.05, 0.1) is 19.8 Å². The summed E-state index contributed by atoms with van der Waals surface area (Å²) in [6.45, 7) is 6.30. The molecule has 0 spiro atoms. The Bertz CT molecular complexity index is 504. The van der Waals surface area contributed by atoms with E-state index in [2.05, 4.69) is 38.3 Å². The molecule has 0 bridgehead atoms. The first-order valence-corrected chi connectivity index (χ1v) is 8.25. The maximum Gasteiger partial charge on any atom is 0.188 e. The van der Waals surface area contributed by atoms with E-state index in [1.165, 1.54) is 5.69 Å². The van der Waals surface area contributed by atoms with Gasteiger partial charge in [-0.05, 0) is 30.7 Å². The van der Waals surface area contributed by atoms with E-state index >= 15 is 0 Å². The van der Waals surface area contributed by atoms with E-state index < -0.39 is 0 Å². The zero-order chi connectivity index (χ0) is 16.5. The number of hydrogen-bond donors (Lipinski definition) is 2. The molecule has 1 aliphatic heterocycles. The Morgan fingerprint density at radius 2 is 2.08 bits per heavy atom. The second kappa shape index (κ2) is 11.5. The minimum Gasteiger partial charge on any atom is -0.379 e. The molecule has 24 heavy (non-hydrogen) atoms. The Labute approximate surface area is 162 Å². The van der Waals surface area contributed by atoms with Gasteiger partial charge in [0.15, 0.2) is 5.96 Å². The number of hydrogen-bond acceptors (Lipinski definition) is 4. The number of benzene rings is 1. The van der Waals surface area contributed by atoms with Gasteiger partial charge < -0.3 is 20.7 Å². The molecule has 0 amide bonds. The second-order valence-electron chi connectivity index (χ2n) is 6.00. The van der Waals surface area contributed by atoms with Crippen molar-refractivity contribution in [3.63, 3.8) is 0 Å². The highest BCUT2D eigenvalue weighted by molar-refractivity contribution is 14.0. The summed E-state index contributed by atoms with van der Waals surface area (Å²) in [7, 11) is 4.07. The zero-order valence-electron chi connectivity index (χ0n) is 14.7.